The molecule has 324 valence electrons. The van der Waals surface area contributed by atoms with E-state index in [1.165, 1.54) is 6.92 Å². The summed E-state index contributed by atoms with van der Waals surface area (Å²) in [6.07, 6.45) is -11.4. The van der Waals surface area contributed by atoms with E-state index < -0.39 is 109 Å². The first-order chi connectivity index (χ1) is 25.9. The molecule has 22 atom stereocenters. The van der Waals surface area contributed by atoms with Crippen LogP contribution in [0.5, 0.6) is 0 Å². The lowest BCUT2D eigenvalue weighted by atomic mass is 9.34. The minimum Gasteiger partial charge on any atom is -0.394 e. The van der Waals surface area contributed by atoms with Gasteiger partial charge in [0.1, 0.15) is 54.9 Å². The number of fused-ring (bicyclic) bond motifs is 5. The minimum atomic E-state index is -1.68. The van der Waals surface area contributed by atoms with Gasteiger partial charge >= 0.3 is 0 Å². The summed E-state index contributed by atoms with van der Waals surface area (Å²) in [4.78, 5) is 0. The van der Waals surface area contributed by atoms with Crippen LogP contribution in [-0.2, 0) is 18.9 Å². The Morgan fingerprint density at radius 3 is 2.09 bits per heavy atom. The van der Waals surface area contributed by atoms with Gasteiger partial charge < -0.3 is 70.0 Å². The Morgan fingerprint density at radius 1 is 0.804 bits per heavy atom. The maximum atomic E-state index is 12.5. The van der Waals surface area contributed by atoms with E-state index >= 15 is 0 Å². The van der Waals surface area contributed by atoms with Crippen LogP contribution in [0.3, 0.4) is 0 Å². The van der Waals surface area contributed by atoms with Crippen LogP contribution in [0.15, 0.2) is 11.6 Å². The topological polar surface area (TPSA) is 239 Å². The van der Waals surface area contributed by atoms with Gasteiger partial charge in [-0.2, -0.15) is 0 Å². The second-order valence-electron chi connectivity index (χ2n) is 20.3. The Balaban J connectivity index is 1.24. The molecule has 0 bridgehead atoms. The summed E-state index contributed by atoms with van der Waals surface area (Å²) in [6.45, 7) is 17.3. The molecule has 2 heterocycles. The third kappa shape index (κ3) is 6.87. The van der Waals surface area contributed by atoms with Crippen LogP contribution >= 0.6 is 0 Å². The first kappa shape index (κ1) is 44.7. The Morgan fingerprint density at radius 2 is 1.46 bits per heavy atom. The van der Waals surface area contributed by atoms with Gasteiger partial charge in [-0.25, -0.2) is 0 Å². The highest BCUT2D eigenvalue weighted by Crippen LogP contribution is 2.76. The highest BCUT2D eigenvalue weighted by molar-refractivity contribution is 5.21. The van der Waals surface area contributed by atoms with Gasteiger partial charge in [-0.1, -0.05) is 46.3 Å². The largest absolute Gasteiger partial charge is 0.394 e. The zero-order valence-electron chi connectivity index (χ0n) is 34.7. The normalized spacial score (nSPS) is 52.5. The van der Waals surface area contributed by atoms with Crippen molar-refractivity contribution in [3.05, 3.63) is 11.6 Å². The second-order valence-corrected chi connectivity index (χ2v) is 20.3. The van der Waals surface area contributed by atoms with Crippen molar-refractivity contribution < 1.29 is 70.0 Å². The smallest absolute Gasteiger partial charge is 0.187 e. The molecule has 6 fully saturated rings. The molecule has 6 aliphatic rings. The zero-order chi connectivity index (χ0) is 41.7. The molecule has 0 amide bonds. The van der Waals surface area contributed by atoms with E-state index in [1.54, 1.807) is 13.0 Å². The average Bonchev–Trinajstić information content (AvgIpc) is 3.49. The Bertz CT molecular complexity index is 1420. The highest BCUT2D eigenvalue weighted by atomic mass is 16.8. The number of aliphatic hydroxyl groups excluding tert-OH is 9. The first-order valence-corrected chi connectivity index (χ1v) is 20.9. The number of aliphatic hydroxyl groups is 10. The summed E-state index contributed by atoms with van der Waals surface area (Å²) in [7, 11) is 0. The van der Waals surface area contributed by atoms with E-state index in [4.69, 9.17) is 18.9 Å². The monoisotopic (exact) mass is 800 g/mol. The molecule has 0 radical (unpaired) electrons. The van der Waals surface area contributed by atoms with E-state index in [0.717, 1.165) is 31.3 Å². The third-order valence-corrected chi connectivity index (χ3v) is 16.8. The lowest BCUT2D eigenvalue weighted by Crippen LogP contribution is -2.69. The summed E-state index contributed by atoms with van der Waals surface area (Å²) < 4.78 is 24.4. The SMILES string of the molecule is CC(C)=CC(O)C(O)[C@@](C)(O)[C@H]1CC[C@]2(C)[C@@H]1CC[C@@H]1[C@@]3(C)CC[C@H](O[C@@H]4O[C@H](CO)[C@@H](O)[C@H](O)[C@H]4O[C@@H]4O[C@@H](C)[C@H](O)[C@@H](O)[C@H]4O)C(C)(C)[C@@H]3C[C@H](O)[C@]12C. The van der Waals surface area contributed by atoms with Crippen molar-refractivity contribution in [1.82, 2.24) is 0 Å². The van der Waals surface area contributed by atoms with Crippen molar-refractivity contribution in [1.29, 1.82) is 0 Å². The molecule has 0 aromatic heterocycles. The number of ether oxygens (including phenoxy) is 4. The number of allylic oxidation sites excluding steroid dienone is 1. The van der Waals surface area contributed by atoms with Crippen molar-refractivity contribution >= 4 is 0 Å². The summed E-state index contributed by atoms with van der Waals surface area (Å²) in [5, 5.41) is 110. The van der Waals surface area contributed by atoms with Crippen LogP contribution in [0.2, 0.25) is 0 Å². The maximum Gasteiger partial charge on any atom is 0.187 e. The maximum absolute atomic E-state index is 12.5. The fourth-order valence-corrected chi connectivity index (χ4v) is 13.4. The lowest BCUT2D eigenvalue weighted by molar-refractivity contribution is -0.377. The molecular weight excluding hydrogens is 728 g/mol. The zero-order valence-corrected chi connectivity index (χ0v) is 34.7. The molecule has 2 unspecified atom stereocenters. The van der Waals surface area contributed by atoms with Crippen LogP contribution in [0.4, 0.5) is 0 Å². The molecule has 14 nitrogen and oxygen atoms in total. The molecule has 0 spiro atoms. The summed E-state index contributed by atoms with van der Waals surface area (Å²) in [5.74, 6) is -0.133. The second kappa shape index (κ2) is 15.6. The fraction of sp³-hybridized carbons (Fsp3) is 0.952. The molecule has 4 aliphatic carbocycles. The van der Waals surface area contributed by atoms with Crippen molar-refractivity contribution in [3.63, 3.8) is 0 Å². The molecule has 10 N–H and O–H groups in total. The average molecular weight is 801 g/mol. The van der Waals surface area contributed by atoms with Gasteiger partial charge in [-0.15, -0.1) is 0 Å². The Labute approximate surface area is 331 Å². The van der Waals surface area contributed by atoms with E-state index in [2.05, 4.69) is 34.6 Å². The van der Waals surface area contributed by atoms with Gasteiger partial charge in [0.2, 0.25) is 0 Å². The van der Waals surface area contributed by atoms with E-state index in [-0.39, 0.29) is 34.5 Å². The van der Waals surface area contributed by atoms with Crippen LogP contribution in [0.25, 0.3) is 0 Å². The lowest BCUT2D eigenvalue weighted by Gasteiger charge is -2.71. The van der Waals surface area contributed by atoms with Gasteiger partial charge in [0, 0.05) is 5.41 Å². The van der Waals surface area contributed by atoms with Gasteiger partial charge in [-0.05, 0) is 113 Å². The molecule has 2 saturated heterocycles. The summed E-state index contributed by atoms with van der Waals surface area (Å²) in [6, 6.07) is 0. The first-order valence-electron chi connectivity index (χ1n) is 20.9. The van der Waals surface area contributed by atoms with Crippen LogP contribution in [0, 0.1) is 45.3 Å². The van der Waals surface area contributed by atoms with Crippen molar-refractivity contribution in [3.8, 4) is 0 Å². The van der Waals surface area contributed by atoms with Crippen LogP contribution < -0.4 is 0 Å². The third-order valence-electron chi connectivity index (χ3n) is 16.8. The van der Waals surface area contributed by atoms with E-state index in [0.29, 0.717) is 19.3 Å². The molecule has 2 aliphatic heterocycles. The van der Waals surface area contributed by atoms with Gasteiger partial charge in [0.15, 0.2) is 12.6 Å². The molecule has 6 rings (SSSR count). The molecular formula is C42H72O14. The summed E-state index contributed by atoms with van der Waals surface area (Å²) in [5.41, 5.74) is -2.31. The highest BCUT2D eigenvalue weighted by Gasteiger charge is 2.73. The molecule has 0 aromatic carbocycles. The number of hydrogen-bond donors (Lipinski definition) is 10. The molecule has 14 heteroatoms. The van der Waals surface area contributed by atoms with Crippen LogP contribution in [0.1, 0.15) is 107 Å². The number of hydrogen-bond acceptors (Lipinski definition) is 14. The Kier molecular flexibility index (Phi) is 12.4. The van der Waals surface area contributed by atoms with Crippen molar-refractivity contribution in [2.75, 3.05) is 6.61 Å². The van der Waals surface area contributed by atoms with E-state index in [1.807, 2.05) is 13.8 Å². The summed E-state index contributed by atoms with van der Waals surface area (Å²) >= 11 is 0. The fourth-order valence-electron chi connectivity index (χ4n) is 13.4. The Hall–Kier alpha value is -0.820. The standard InChI is InChI=1S/C42H72O14/c1-19(2)16-23(44)35(51)42(9,52)22-12-15-40(7)21(22)10-11-25-39(6)14-13-28(38(4,5)26(39)17-27(45)41(25,40)8)55-37-34(32(49)30(47)24(18-43)54-37)56-36-33(50)31(48)29(46)20(3)53-36/h16,20-37,43-52H,10-15,17-18H2,1-9H3/t20-,21+,22-,23?,24+,25+,26-,27-,28-,29-,30+,31+,32-,33+,34+,35?,36-,37-,39+,40+,41-,42-/m0/s1. The predicted octanol–water partition coefficient (Wildman–Crippen LogP) is 1.12. The van der Waals surface area contributed by atoms with Gasteiger partial charge in [0.25, 0.3) is 0 Å². The molecule has 0 aromatic rings. The van der Waals surface area contributed by atoms with Gasteiger partial charge in [-0.3, -0.25) is 0 Å². The predicted molar refractivity (Wildman–Crippen MR) is 202 cm³/mol. The van der Waals surface area contributed by atoms with Crippen molar-refractivity contribution in [2.24, 2.45) is 45.3 Å². The van der Waals surface area contributed by atoms with Crippen LogP contribution in [-0.4, -0.2) is 149 Å². The minimum absolute atomic E-state index is 0.0172. The van der Waals surface area contributed by atoms with Crippen molar-refractivity contribution in [2.45, 2.75) is 199 Å². The van der Waals surface area contributed by atoms with Gasteiger partial charge in [0.05, 0.1) is 30.5 Å². The van der Waals surface area contributed by atoms with E-state index in [9.17, 15) is 51.1 Å². The quantitative estimate of drug-likeness (QED) is 0.116. The molecule has 4 saturated carbocycles. The number of rotatable bonds is 9. The molecule has 56 heavy (non-hydrogen) atoms.